The number of aliphatic carboxylic acids is 1. The van der Waals surface area contributed by atoms with E-state index in [0.717, 1.165) is 0 Å². The Morgan fingerprint density at radius 1 is 1.32 bits per heavy atom. The molecule has 0 unspecified atom stereocenters. The van der Waals surface area contributed by atoms with Gasteiger partial charge in [-0.15, -0.1) is 0 Å². The van der Waals surface area contributed by atoms with E-state index in [0.29, 0.717) is 12.4 Å². The molecule has 0 bridgehead atoms. The summed E-state index contributed by atoms with van der Waals surface area (Å²) in [6, 6.07) is 6.76. The standard InChI is InChI=1S/C15H18N4O3/c1-11(2)9-18(10-14(20)21)15(22)12-5-3-6-13(17-12)19-8-4-7-16-19/h3-8,11H,9-10H2,1-2H3,(H,20,21). The number of hydrogen-bond acceptors (Lipinski definition) is 4. The van der Waals surface area contributed by atoms with E-state index >= 15 is 0 Å². The summed E-state index contributed by atoms with van der Waals surface area (Å²) in [6.07, 6.45) is 3.34. The summed E-state index contributed by atoms with van der Waals surface area (Å²) < 4.78 is 1.54. The van der Waals surface area contributed by atoms with Gasteiger partial charge < -0.3 is 10.0 Å². The second-order valence-electron chi connectivity index (χ2n) is 5.30. The van der Waals surface area contributed by atoms with Crippen LogP contribution in [-0.2, 0) is 4.79 Å². The van der Waals surface area contributed by atoms with Gasteiger partial charge in [-0.05, 0) is 24.1 Å². The molecule has 0 saturated heterocycles. The smallest absolute Gasteiger partial charge is 0.323 e. The number of amides is 1. The quantitative estimate of drug-likeness (QED) is 0.872. The maximum atomic E-state index is 12.5. The highest BCUT2D eigenvalue weighted by molar-refractivity contribution is 5.94. The maximum Gasteiger partial charge on any atom is 0.323 e. The first-order chi connectivity index (χ1) is 10.5. The molecule has 7 heteroatoms. The van der Waals surface area contributed by atoms with Crippen molar-refractivity contribution in [3.05, 3.63) is 42.4 Å². The molecule has 0 spiro atoms. The molecule has 2 aromatic rings. The Hall–Kier alpha value is -2.70. The van der Waals surface area contributed by atoms with Crippen LogP contribution in [0, 0.1) is 5.92 Å². The summed E-state index contributed by atoms with van der Waals surface area (Å²) in [6.45, 7) is 3.87. The van der Waals surface area contributed by atoms with Gasteiger partial charge in [-0.2, -0.15) is 5.10 Å². The number of carbonyl (C=O) groups excluding carboxylic acids is 1. The number of rotatable bonds is 6. The van der Waals surface area contributed by atoms with Crippen LogP contribution in [0.15, 0.2) is 36.7 Å². The third-order valence-corrected chi connectivity index (χ3v) is 2.89. The van der Waals surface area contributed by atoms with Gasteiger partial charge >= 0.3 is 5.97 Å². The van der Waals surface area contributed by atoms with Crippen LogP contribution in [0.1, 0.15) is 24.3 Å². The Bertz CT molecular complexity index is 653. The average molecular weight is 302 g/mol. The Kier molecular flexibility index (Phi) is 4.88. The molecule has 0 radical (unpaired) electrons. The van der Waals surface area contributed by atoms with E-state index in [-0.39, 0.29) is 18.2 Å². The molecule has 0 aliphatic heterocycles. The van der Waals surface area contributed by atoms with Gasteiger partial charge in [-0.1, -0.05) is 19.9 Å². The highest BCUT2D eigenvalue weighted by atomic mass is 16.4. The zero-order valence-electron chi connectivity index (χ0n) is 12.5. The molecular formula is C15H18N4O3. The lowest BCUT2D eigenvalue weighted by Gasteiger charge is -2.22. The second-order valence-corrected chi connectivity index (χ2v) is 5.30. The highest BCUT2D eigenvalue weighted by Crippen LogP contribution is 2.09. The Labute approximate surface area is 128 Å². The van der Waals surface area contributed by atoms with Crippen LogP contribution >= 0.6 is 0 Å². The second kappa shape index (κ2) is 6.84. The molecule has 0 saturated carbocycles. The molecule has 1 amide bonds. The molecule has 0 atom stereocenters. The van der Waals surface area contributed by atoms with Gasteiger partial charge in [0, 0.05) is 18.9 Å². The van der Waals surface area contributed by atoms with E-state index in [1.54, 1.807) is 41.3 Å². The van der Waals surface area contributed by atoms with Gasteiger partial charge in [0.25, 0.3) is 5.91 Å². The minimum absolute atomic E-state index is 0.164. The van der Waals surface area contributed by atoms with Gasteiger partial charge in [0.05, 0.1) is 0 Å². The zero-order chi connectivity index (χ0) is 16.1. The van der Waals surface area contributed by atoms with Gasteiger partial charge in [0.2, 0.25) is 0 Å². The van der Waals surface area contributed by atoms with E-state index in [1.165, 1.54) is 4.90 Å². The number of nitrogens with zero attached hydrogens (tertiary/aromatic N) is 4. The normalized spacial score (nSPS) is 10.7. The van der Waals surface area contributed by atoms with Crippen molar-refractivity contribution in [1.29, 1.82) is 0 Å². The van der Waals surface area contributed by atoms with Gasteiger partial charge in [-0.25, -0.2) is 9.67 Å². The van der Waals surface area contributed by atoms with E-state index in [2.05, 4.69) is 10.1 Å². The predicted octanol–water partition coefficient (Wildman–Crippen LogP) is 1.45. The van der Waals surface area contributed by atoms with Crippen LogP contribution in [-0.4, -0.2) is 49.7 Å². The summed E-state index contributed by atoms with van der Waals surface area (Å²) in [4.78, 5) is 29.0. The minimum Gasteiger partial charge on any atom is -0.480 e. The van der Waals surface area contributed by atoms with Gasteiger partial charge in [0.1, 0.15) is 12.2 Å². The number of pyridine rings is 1. The number of carbonyl (C=O) groups is 2. The average Bonchev–Trinajstić information content (AvgIpc) is 2.99. The van der Waals surface area contributed by atoms with Crippen molar-refractivity contribution in [2.24, 2.45) is 5.92 Å². The van der Waals surface area contributed by atoms with Gasteiger partial charge in [0.15, 0.2) is 5.82 Å². The third kappa shape index (κ3) is 3.91. The molecule has 7 nitrogen and oxygen atoms in total. The van der Waals surface area contributed by atoms with Crippen LogP contribution in [0.2, 0.25) is 0 Å². The van der Waals surface area contributed by atoms with E-state index in [9.17, 15) is 9.59 Å². The molecule has 22 heavy (non-hydrogen) atoms. The number of carboxylic acid groups (broad SMARTS) is 1. The lowest BCUT2D eigenvalue weighted by molar-refractivity contribution is -0.137. The van der Waals surface area contributed by atoms with Crippen LogP contribution < -0.4 is 0 Å². The molecule has 2 heterocycles. The molecule has 2 rings (SSSR count). The molecule has 0 fully saturated rings. The lowest BCUT2D eigenvalue weighted by atomic mass is 10.2. The minimum atomic E-state index is -1.04. The summed E-state index contributed by atoms with van der Waals surface area (Å²) in [5, 5.41) is 13.0. The fourth-order valence-corrected chi connectivity index (χ4v) is 2.06. The number of carboxylic acids is 1. The first-order valence-electron chi connectivity index (χ1n) is 6.95. The molecule has 0 aromatic carbocycles. The molecule has 0 aliphatic rings. The van der Waals surface area contributed by atoms with Crippen LogP contribution in [0.3, 0.4) is 0 Å². The van der Waals surface area contributed by atoms with Crippen molar-refractivity contribution in [1.82, 2.24) is 19.7 Å². The van der Waals surface area contributed by atoms with Crippen LogP contribution in [0.5, 0.6) is 0 Å². The van der Waals surface area contributed by atoms with Gasteiger partial charge in [-0.3, -0.25) is 9.59 Å². The van der Waals surface area contributed by atoms with E-state index in [4.69, 9.17) is 5.11 Å². The van der Waals surface area contributed by atoms with Crippen molar-refractivity contribution in [2.75, 3.05) is 13.1 Å². The summed E-state index contributed by atoms with van der Waals surface area (Å²) in [7, 11) is 0. The van der Waals surface area contributed by atoms with Crippen molar-refractivity contribution in [3.8, 4) is 5.82 Å². The third-order valence-electron chi connectivity index (χ3n) is 2.89. The maximum absolute atomic E-state index is 12.5. The molecule has 116 valence electrons. The van der Waals surface area contributed by atoms with Crippen LogP contribution in [0.25, 0.3) is 5.82 Å². The van der Waals surface area contributed by atoms with E-state index in [1.807, 2.05) is 13.8 Å². The Balaban J connectivity index is 2.26. The summed E-state index contributed by atoms with van der Waals surface area (Å²) >= 11 is 0. The fourth-order valence-electron chi connectivity index (χ4n) is 2.06. The molecule has 1 N–H and O–H groups in total. The van der Waals surface area contributed by atoms with Crippen molar-refractivity contribution in [2.45, 2.75) is 13.8 Å². The molecule has 0 aliphatic carbocycles. The Morgan fingerprint density at radius 3 is 2.68 bits per heavy atom. The predicted molar refractivity (Wildman–Crippen MR) is 79.7 cm³/mol. The van der Waals surface area contributed by atoms with E-state index < -0.39 is 11.9 Å². The Morgan fingerprint density at radius 2 is 2.09 bits per heavy atom. The topological polar surface area (TPSA) is 88.3 Å². The van der Waals surface area contributed by atoms with Crippen molar-refractivity contribution in [3.63, 3.8) is 0 Å². The SMILES string of the molecule is CC(C)CN(CC(=O)O)C(=O)c1cccc(-n2cccn2)n1. The largest absolute Gasteiger partial charge is 0.480 e. The monoisotopic (exact) mass is 302 g/mol. The number of aromatic nitrogens is 3. The highest BCUT2D eigenvalue weighted by Gasteiger charge is 2.21. The van der Waals surface area contributed by atoms with Crippen LogP contribution in [0.4, 0.5) is 0 Å². The molecule has 2 aromatic heterocycles. The first kappa shape index (κ1) is 15.7. The first-order valence-corrected chi connectivity index (χ1v) is 6.95. The summed E-state index contributed by atoms with van der Waals surface area (Å²) in [5.41, 5.74) is 0.204. The lowest BCUT2D eigenvalue weighted by Crippen LogP contribution is -2.38. The fraction of sp³-hybridized carbons (Fsp3) is 0.333. The zero-order valence-corrected chi connectivity index (χ0v) is 12.5. The molecular weight excluding hydrogens is 284 g/mol. The summed E-state index contributed by atoms with van der Waals surface area (Å²) in [5.74, 6) is -0.768. The number of hydrogen-bond donors (Lipinski definition) is 1. The van der Waals surface area contributed by atoms with Crippen molar-refractivity contribution >= 4 is 11.9 Å². The van der Waals surface area contributed by atoms with Crippen molar-refractivity contribution < 1.29 is 14.7 Å².